The summed E-state index contributed by atoms with van der Waals surface area (Å²) in [6.45, 7) is 13.3. The zero-order chi connectivity index (χ0) is 21.6. The first-order valence-electron chi connectivity index (χ1n) is 9.83. The Bertz CT molecular complexity index is 1060. The van der Waals surface area contributed by atoms with Gasteiger partial charge in [0.1, 0.15) is 0 Å². The van der Waals surface area contributed by atoms with E-state index in [2.05, 4.69) is 89.3 Å². The molecule has 0 aliphatic carbocycles. The Balaban J connectivity index is 0.000000195. The molecule has 0 radical (unpaired) electrons. The van der Waals surface area contributed by atoms with E-state index in [1.54, 1.807) is 23.3 Å². The normalized spacial score (nSPS) is 10.1. The van der Waals surface area contributed by atoms with E-state index < -0.39 is 0 Å². The third-order valence-corrected chi connectivity index (χ3v) is 5.35. The van der Waals surface area contributed by atoms with Crippen molar-refractivity contribution in [3.63, 3.8) is 0 Å². The third-order valence-electron chi connectivity index (χ3n) is 5.02. The van der Waals surface area contributed by atoms with Crippen molar-refractivity contribution in [1.82, 2.24) is 0 Å². The molecule has 0 unspecified atom stereocenters. The first-order chi connectivity index (χ1) is 13.7. The number of hydrogen-bond donors (Lipinski definition) is 0. The summed E-state index contributed by atoms with van der Waals surface area (Å²) < 4.78 is 0. The van der Waals surface area contributed by atoms with Crippen LogP contribution in [0.5, 0.6) is 0 Å². The van der Waals surface area contributed by atoms with Crippen molar-refractivity contribution in [1.29, 1.82) is 0 Å². The van der Waals surface area contributed by atoms with Crippen molar-refractivity contribution in [3.8, 4) is 11.1 Å². The molecule has 29 heavy (non-hydrogen) atoms. The van der Waals surface area contributed by atoms with E-state index in [4.69, 9.17) is 11.6 Å². The molecule has 0 aromatic heterocycles. The first-order valence-corrected chi connectivity index (χ1v) is 16.4. The SMILES string of the molecule is C[Si](C)=[Zr+2].Cc1[cH-]c(C)c(C)c1C.Clc1cccc2c(-c3ccccc3)c[cH-]c12. The van der Waals surface area contributed by atoms with Gasteiger partial charge in [0, 0.05) is 0 Å². The predicted octanol–water partition coefficient (Wildman–Crippen LogP) is 8.30. The molecule has 0 atom stereocenters. The van der Waals surface area contributed by atoms with Crippen molar-refractivity contribution < 1.29 is 23.3 Å². The fourth-order valence-corrected chi connectivity index (χ4v) is 3.44. The minimum Gasteiger partial charge on any atom is -0.196 e. The molecule has 0 saturated carbocycles. The van der Waals surface area contributed by atoms with Crippen LogP contribution >= 0.6 is 11.6 Å². The van der Waals surface area contributed by atoms with Crippen LogP contribution < -0.4 is 0 Å². The Labute approximate surface area is 196 Å². The van der Waals surface area contributed by atoms with E-state index in [1.807, 2.05) is 18.2 Å². The maximum Gasteiger partial charge on any atom is -0.0346 e. The van der Waals surface area contributed by atoms with E-state index in [0.717, 1.165) is 10.4 Å². The van der Waals surface area contributed by atoms with Crippen molar-refractivity contribution in [3.05, 3.63) is 94.0 Å². The van der Waals surface area contributed by atoms with Crippen LogP contribution in [-0.2, 0) is 23.3 Å². The number of hydrogen-bond acceptors (Lipinski definition) is 0. The maximum absolute atomic E-state index is 6.16. The molecule has 148 valence electrons. The van der Waals surface area contributed by atoms with Crippen LogP contribution in [0.25, 0.3) is 21.9 Å². The molecule has 0 aliphatic heterocycles. The van der Waals surface area contributed by atoms with Crippen LogP contribution in [0.3, 0.4) is 0 Å². The molecule has 0 nitrogen and oxygen atoms in total. The predicted molar refractivity (Wildman–Crippen MR) is 128 cm³/mol. The second-order valence-corrected chi connectivity index (χ2v) is 17.4. The smallest absolute Gasteiger partial charge is 0.0346 e. The first kappa shape index (κ1) is 24.1. The van der Waals surface area contributed by atoms with E-state index in [0.29, 0.717) is 0 Å². The van der Waals surface area contributed by atoms with Crippen molar-refractivity contribution in [2.24, 2.45) is 0 Å². The quantitative estimate of drug-likeness (QED) is 0.184. The van der Waals surface area contributed by atoms with Gasteiger partial charge in [-0.05, 0) is 5.02 Å². The Hall–Kier alpha value is -1.21. The second-order valence-electron chi connectivity index (χ2n) is 7.57. The summed E-state index contributed by atoms with van der Waals surface area (Å²) in [7, 11) is 0. The molecule has 4 rings (SSSR count). The molecule has 0 saturated heterocycles. The van der Waals surface area contributed by atoms with Crippen molar-refractivity contribution in [2.75, 3.05) is 0 Å². The van der Waals surface area contributed by atoms with Crippen LogP contribution in [-0.4, -0.2) is 5.43 Å². The average molecular weight is 496 g/mol. The van der Waals surface area contributed by atoms with Crippen LogP contribution in [0, 0.1) is 27.7 Å². The molecule has 0 spiro atoms. The molecular weight excluding hydrogens is 467 g/mol. The van der Waals surface area contributed by atoms with Gasteiger partial charge >= 0.3 is 41.9 Å². The van der Waals surface area contributed by atoms with E-state index >= 15 is 0 Å². The van der Waals surface area contributed by atoms with Crippen LogP contribution in [0.1, 0.15) is 22.3 Å². The zero-order valence-corrected chi connectivity index (χ0v) is 22.4. The number of halogens is 1. The van der Waals surface area contributed by atoms with Gasteiger partial charge < -0.3 is 0 Å². The number of benzene rings is 2. The fraction of sp³-hybridized carbons (Fsp3) is 0.231. The van der Waals surface area contributed by atoms with Gasteiger partial charge in [0.15, 0.2) is 0 Å². The third kappa shape index (κ3) is 6.64. The van der Waals surface area contributed by atoms with E-state index in [1.165, 1.54) is 38.8 Å². The summed E-state index contributed by atoms with van der Waals surface area (Å²) >= 11 is 7.90. The topological polar surface area (TPSA) is 0 Å². The van der Waals surface area contributed by atoms with Gasteiger partial charge in [-0.1, -0.05) is 75.7 Å². The molecule has 0 amide bonds. The zero-order valence-electron chi connectivity index (χ0n) is 18.2. The van der Waals surface area contributed by atoms with Gasteiger partial charge in [0.25, 0.3) is 0 Å². The van der Waals surface area contributed by atoms with Crippen LogP contribution in [0.4, 0.5) is 0 Å². The molecule has 3 heteroatoms. The standard InChI is InChI=1S/C15H10Cl.C9H13.C2H6Si.Zr/c16-15-8-4-7-13-12(9-10-14(13)15)11-5-2-1-3-6-11;1-6-5-7(2)9(4)8(6)3;1-3-2;/h1-10H;5H,1-4H3;1-2H3;/q2*-1;;+2. The summed E-state index contributed by atoms with van der Waals surface area (Å²) in [6, 6.07) is 22.9. The molecule has 0 fully saturated rings. The molecule has 4 aromatic carbocycles. The average Bonchev–Trinajstić information content (AvgIpc) is 3.21. The van der Waals surface area contributed by atoms with Gasteiger partial charge in [0.2, 0.25) is 0 Å². The Morgan fingerprint density at radius 1 is 0.828 bits per heavy atom. The molecule has 0 bridgehead atoms. The van der Waals surface area contributed by atoms with Crippen LogP contribution in [0.15, 0.2) is 66.7 Å². The summed E-state index contributed by atoms with van der Waals surface area (Å²) in [4.78, 5) is 0. The summed E-state index contributed by atoms with van der Waals surface area (Å²) in [5.74, 6) is 0. The van der Waals surface area contributed by atoms with Crippen molar-refractivity contribution >= 4 is 27.8 Å². The van der Waals surface area contributed by atoms with Crippen LogP contribution in [0.2, 0.25) is 18.1 Å². The molecular formula is C26H29ClSiZr. The monoisotopic (exact) mass is 494 g/mol. The van der Waals surface area contributed by atoms with Gasteiger partial charge in [-0.2, -0.15) is 28.3 Å². The molecule has 0 N–H and O–H groups in total. The van der Waals surface area contributed by atoms with Gasteiger partial charge in [-0.3, -0.25) is 0 Å². The fourth-order valence-electron chi connectivity index (χ4n) is 3.20. The summed E-state index contributed by atoms with van der Waals surface area (Å²) in [5, 5.41) is 3.17. The van der Waals surface area contributed by atoms with Gasteiger partial charge in [-0.25, -0.2) is 0 Å². The maximum atomic E-state index is 6.16. The molecule has 4 aromatic rings. The van der Waals surface area contributed by atoms with Gasteiger partial charge in [0.05, 0.1) is 0 Å². The largest absolute Gasteiger partial charge is 0.196 e. The van der Waals surface area contributed by atoms with E-state index in [9.17, 15) is 0 Å². The number of aryl methyl sites for hydroxylation is 2. The molecule has 0 heterocycles. The number of rotatable bonds is 1. The van der Waals surface area contributed by atoms with Gasteiger partial charge in [-0.15, -0.1) is 46.1 Å². The number of fused-ring (bicyclic) bond motifs is 1. The van der Waals surface area contributed by atoms with Crippen molar-refractivity contribution in [2.45, 2.75) is 40.8 Å². The minimum absolute atomic E-state index is 0.210. The summed E-state index contributed by atoms with van der Waals surface area (Å²) in [5.41, 5.74) is 8.44. The van der Waals surface area contributed by atoms with E-state index in [-0.39, 0.29) is 5.43 Å². The summed E-state index contributed by atoms with van der Waals surface area (Å²) in [6.07, 6.45) is 0. The Morgan fingerprint density at radius 2 is 1.38 bits per heavy atom. The molecule has 0 aliphatic rings. The minimum atomic E-state index is 0.210. The Kier molecular flexibility index (Phi) is 9.34. The Morgan fingerprint density at radius 3 is 1.86 bits per heavy atom. The second kappa shape index (κ2) is 11.3.